The molecule has 0 saturated carbocycles. The second-order valence-corrected chi connectivity index (χ2v) is 6.57. The van der Waals surface area contributed by atoms with E-state index >= 15 is 0 Å². The fourth-order valence-corrected chi connectivity index (χ4v) is 3.41. The number of carbonyl (C=O) groups excluding carboxylic acids is 1. The third kappa shape index (κ3) is 4.38. The molecule has 3 nitrogen and oxygen atoms in total. The molecule has 2 aromatic carbocycles. The van der Waals surface area contributed by atoms with Gasteiger partial charge in [0, 0.05) is 30.9 Å². The maximum absolute atomic E-state index is 12.9. The molecule has 2 aromatic rings. The van der Waals surface area contributed by atoms with E-state index in [0.717, 1.165) is 32.4 Å². The molecule has 1 aliphatic heterocycles. The molecule has 0 saturated heterocycles. The van der Waals surface area contributed by atoms with Gasteiger partial charge in [-0.1, -0.05) is 19.1 Å². The molecule has 0 fully saturated rings. The van der Waals surface area contributed by atoms with Crippen LogP contribution in [0.15, 0.2) is 42.5 Å². The number of hydrogen-bond donors (Lipinski definition) is 1. The Hall–Kier alpha value is -2.36. The molecule has 0 atom stereocenters. The Balaban J connectivity index is 1.57. The van der Waals surface area contributed by atoms with Crippen LogP contribution >= 0.6 is 0 Å². The zero-order chi connectivity index (χ0) is 17.6. The highest BCUT2D eigenvalue weighted by Gasteiger charge is 2.16. The number of aryl methyl sites for hydroxylation is 1. The van der Waals surface area contributed by atoms with Gasteiger partial charge in [0.1, 0.15) is 5.82 Å². The largest absolute Gasteiger partial charge is 0.371 e. The highest BCUT2D eigenvalue weighted by atomic mass is 19.1. The number of halogens is 1. The van der Waals surface area contributed by atoms with Crippen LogP contribution in [-0.4, -0.2) is 25.5 Å². The normalized spacial score (nSPS) is 13.4. The van der Waals surface area contributed by atoms with Crippen molar-refractivity contribution in [3.63, 3.8) is 0 Å². The van der Waals surface area contributed by atoms with Gasteiger partial charge >= 0.3 is 0 Å². The summed E-state index contributed by atoms with van der Waals surface area (Å²) in [6, 6.07) is 12.3. The molecule has 0 spiro atoms. The summed E-state index contributed by atoms with van der Waals surface area (Å²) in [6.45, 7) is 5.05. The van der Waals surface area contributed by atoms with E-state index in [1.54, 1.807) is 0 Å². The van der Waals surface area contributed by atoms with Crippen molar-refractivity contribution in [1.29, 1.82) is 0 Å². The van der Waals surface area contributed by atoms with Gasteiger partial charge in [-0.15, -0.1) is 0 Å². The molecule has 25 heavy (non-hydrogen) atoms. The van der Waals surface area contributed by atoms with E-state index in [1.807, 2.05) is 0 Å². The van der Waals surface area contributed by atoms with E-state index in [2.05, 4.69) is 35.3 Å². The van der Waals surface area contributed by atoms with Gasteiger partial charge in [-0.25, -0.2) is 4.39 Å². The third-order valence-corrected chi connectivity index (χ3v) is 4.66. The minimum absolute atomic E-state index is 0.160. The lowest BCUT2D eigenvalue weighted by atomic mass is 9.98. The molecule has 0 radical (unpaired) electrons. The van der Waals surface area contributed by atoms with Crippen LogP contribution in [0.25, 0.3) is 0 Å². The molecule has 1 aliphatic rings. The molecule has 0 aliphatic carbocycles. The second-order valence-electron chi connectivity index (χ2n) is 6.57. The van der Waals surface area contributed by atoms with Gasteiger partial charge in [0.25, 0.3) is 5.91 Å². The molecular weight excluding hydrogens is 315 g/mol. The molecule has 0 bridgehead atoms. The summed E-state index contributed by atoms with van der Waals surface area (Å²) in [5, 5.41) is 2.90. The van der Waals surface area contributed by atoms with Crippen LogP contribution < -0.4 is 10.2 Å². The number of carbonyl (C=O) groups is 1. The predicted octanol–water partition coefficient (Wildman–Crippen LogP) is 3.96. The van der Waals surface area contributed by atoms with Crippen LogP contribution in [0.5, 0.6) is 0 Å². The average Bonchev–Trinajstić information content (AvgIpc) is 2.62. The number of benzene rings is 2. The third-order valence-electron chi connectivity index (χ3n) is 4.66. The number of nitrogens with zero attached hydrogens (tertiary/aromatic N) is 1. The van der Waals surface area contributed by atoms with Crippen LogP contribution in [0.2, 0.25) is 0 Å². The van der Waals surface area contributed by atoms with Crippen molar-refractivity contribution in [2.24, 2.45) is 0 Å². The first-order chi connectivity index (χ1) is 12.2. The monoisotopic (exact) mass is 340 g/mol. The zero-order valence-corrected chi connectivity index (χ0v) is 14.7. The first-order valence-electron chi connectivity index (χ1n) is 9.08. The Morgan fingerprint density at radius 1 is 1.20 bits per heavy atom. The fraction of sp³-hybridized carbons (Fsp3) is 0.381. The maximum atomic E-state index is 12.9. The molecule has 4 heteroatoms. The van der Waals surface area contributed by atoms with Crippen molar-refractivity contribution in [2.45, 2.75) is 32.6 Å². The Morgan fingerprint density at radius 2 is 2.00 bits per heavy atom. The first kappa shape index (κ1) is 17.5. The highest BCUT2D eigenvalue weighted by molar-refractivity contribution is 5.94. The maximum Gasteiger partial charge on any atom is 0.251 e. The minimum Gasteiger partial charge on any atom is -0.371 e. The molecule has 132 valence electrons. The molecule has 1 amide bonds. The van der Waals surface area contributed by atoms with Crippen molar-refractivity contribution in [3.8, 4) is 0 Å². The van der Waals surface area contributed by atoms with Crippen LogP contribution in [0, 0.1) is 5.82 Å². The quantitative estimate of drug-likeness (QED) is 0.863. The van der Waals surface area contributed by atoms with E-state index in [9.17, 15) is 9.18 Å². The SMILES string of the molecule is CCCN1CCCc2cc(CCNC(=O)c3ccc(F)cc3)ccc21. The molecule has 1 heterocycles. The Kier molecular flexibility index (Phi) is 5.69. The lowest BCUT2D eigenvalue weighted by Gasteiger charge is -2.31. The van der Waals surface area contributed by atoms with Crippen LogP contribution in [0.1, 0.15) is 41.3 Å². The van der Waals surface area contributed by atoms with E-state index < -0.39 is 0 Å². The van der Waals surface area contributed by atoms with Gasteiger partial charge in [0.2, 0.25) is 0 Å². The van der Waals surface area contributed by atoms with E-state index in [0.29, 0.717) is 12.1 Å². The highest BCUT2D eigenvalue weighted by Crippen LogP contribution is 2.28. The lowest BCUT2D eigenvalue weighted by Crippen LogP contribution is -2.30. The summed E-state index contributed by atoms with van der Waals surface area (Å²) in [7, 11) is 0. The number of nitrogens with one attached hydrogen (secondary N) is 1. The smallest absolute Gasteiger partial charge is 0.251 e. The number of amides is 1. The molecule has 3 rings (SSSR count). The number of rotatable bonds is 6. The van der Waals surface area contributed by atoms with Crippen molar-refractivity contribution in [1.82, 2.24) is 5.32 Å². The molecule has 1 N–H and O–H groups in total. The summed E-state index contributed by atoms with van der Waals surface area (Å²) in [4.78, 5) is 14.5. The Morgan fingerprint density at radius 3 is 2.76 bits per heavy atom. The summed E-state index contributed by atoms with van der Waals surface area (Å²) in [5.41, 5.74) is 4.52. The molecule has 0 unspecified atom stereocenters. The Labute approximate surface area is 148 Å². The topological polar surface area (TPSA) is 32.3 Å². The summed E-state index contributed by atoms with van der Waals surface area (Å²) < 4.78 is 12.9. The second kappa shape index (κ2) is 8.15. The summed E-state index contributed by atoms with van der Waals surface area (Å²) in [6.07, 6.45) is 4.30. The minimum atomic E-state index is -0.331. The van der Waals surface area contributed by atoms with Gasteiger partial charge in [0.05, 0.1) is 0 Å². The zero-order valence-electron chi connectivity index (χ0n) is 14.7. The number of hydrogen-bond acceptors (Lipinski definition) is 2. The van der Waals surface area contributed by atoms with Crippen molar-refractivity contribution < 1.29 is 9.18 Å². The number of fused-ring (bicyclic) bond motifs is 1. The van der Waals surface area contributed by atoms with Gasteiger partial charge in [-0.3, -0.25) is 4.79 Å². The molecule has 0 aromatic heterocycles. The van der Waals surface area contributed by atoms with Crippen molar-refractivity contribution in [3.05, 3.63) is 65.0 Å². The fourth-order valence-electron chi connectivity index (χ4n) is 3.41. The van der Waals surface area contributed by atoms with Crippen molar-refractivity contribution in [2.75, 3.05) is 24.5 Å². The average molecular weight is 340 g/mol. The van der Waals surface area contributed by atoms with Gasteiger partial charge in [0.15, 0.2) is 0 Å². The van der Waals surface area contributed by atoms with Gasteiger partial charge < -0.3 is 10.2 Å². The Bertz CT molecular complexity index is 727. The van der Waals surface area contributed by atoms with Crippen LogP contribution in [0.4, 0.5) is 10.1 Å². The van der Waals surface area contributed by atoms with Crippen LogP contribution in [0.3, 0.4) is 0 Å². The lowest BCUT2D eigenvalue weighted by molar-refractivity contribution is 0.0954. The van der Waals surface area contributed by atoms with Crippen molar-refractivity contribution >= 4 is 11.6 Å². The van der Waals surface area contributed by atoms with E-state index in [4.69, 9.17) is 0 Å². The first-order valence-corrected chi connectivity index (χ1v) is 9.08. The molecular formula is C21H25FN2O. The predicted molar refractivity (Wildman–Crippen MR) is 99.7 cm³/mol. The standard InChI is InChI=1S/C21H25FN2O/c1-2-13-24-14-3-4-18-15-16(5-10-20(18)24)11-12-23-21(25)17-6-8-19(22)9-7-17/h5-10,15H,2-4,11-14H2,1H3,(H,23,25). The summed E-state index contributed by atoms with van der Waals surface area (Å²) in [5.74, 6) is -0.491. The van der Waals surface area contributed by atoms with Gasteiger partial charge in [-0.05, 0) is 67.1 Å². The van der Waals surface area contributed by atoms with Crippen LogP contribution in [-0.2, 0) is 12.8 Å². The van der Waals surface area contributed by atoms with E-state index in [-0.39, 0.29) is 11.7 Å². The van der Waals surface area contributed by atoms with Gasteiger partial charge in [-0.2, -0.15) is 0 Å². The number of anilines is 1. The van der Waals surface area contributed by atoms with E-state index in [1.165, 1.54) is 47.5 Å². The summed E-state index contributed by atoms with van der Waals surface area (Å²) >= 11 is 0.